The SMILES string of the molecule is CC(=O)Oc1cc2c(c3ccccc13)CCN2C.CCl.O=CNCC(CCl)c1c(/C=C/C=C(\S)C=O)cc(OP(OCc2ccccc2)OCc2ccccc2)c2ccccc12. The molecule has 1 aliphatic heterocycles. The number of carbonyl (C=O) groups excluding carboxylic acids is 3. The molecule has 0 bridgehead atoms. The van der Waals surface area contributed by atoms with Gasteiger partial charge in [0.15, 0.2) is 6.29 Å². The maximum absolute atomic E-state index is 11.2. The molecule has 1 N–H and O–H groups in total. The van der Waals surface area contributed by atoms with Gasteiger partial charge in [-0.3, -0.25) is 23.4 Å². The zero-order valence-electron chi connectivity index (χ0n) is 34.7. The van der Waals surface area contributed by atoms with Crippen molar-refractivity contribution < 1.29 is 32.7 Å². The molecule has 1 heterocycles. The van der Waals surface area contributed by atoms with Crippen LogP contribution in [0.15, 0.2) is 138 Å². The first-order valence-corrected chi connectivity index (χ1v) is 22.6. The second-order valence-corrected chi connectivity index (χ2v) is 15.9. The average molecular weight is 912 g/mol. The minimum Gasteiger partial charge on any atom is -0.426 e. The van der Waals surface area contributed by atoms with E-state index < -0.39 is 8.60 Å². The van der Waals surface area contributed by atoms with Gasteiger partial charge in [-0.25, -0.2) is 0 Å². The number of amides is 1. The first kappa shape index (κ1) is 47.9. The van der Waals surface area contributed by atoms with Crippen molar-refractivity contribution in [2.45, 2.75) is 32.5 Å². The van der Waals surface area contributed by atoms with E-state index in [0.717, 1.165) is 51.4 Å². The summed E-state index contributed by atoms with van der Waals surface area (Å²) in [5.74, 6) is 1.04. The zero-order chi connectivity index (χ0) is 44.3. The van der Waals surface area contributed by atoms with E-state index in [0.29, 0.717) is 44.0 Å². The standard InChI is InChI=1S/C33H31ClNO5PS.C15H15NO2.CH3Cl/c34-19-28(20-35-24-37)33-27(14-9-15-29(42)21-36)18-32(30-16-7-8-17-31(30)33)40-41(38-22-25-10-3-1-4-11-25)39-23-26-12-5-2-6-13-26;1-10(17)18-15-9-14-12(7-8-16(14)2)11-5-3-4-6-13(11)15;1-2/h1-18,21,24,28,42H,19-20,22-23H2,(H,35,37);3-6,9H,7-8H2,1-2H3;1H3/b14-9+,29-15-;;. The molecule has 13 heteroatoms. The molecule has 322 valence electrons. The monoisotopic (exact) mass is 910 g/mol. The summed E-state index contributed by atoms with van der Waals surface area (Å²) in [5, 5.41) is 6.73. The van der Waals surface area contributed by atoms with Crippen molar-refractivity contribution in [1.29, 1.82) is 0 Å². The molecule has 6 aromatic rings. The Labute approximate surface area is 380 Å². The molecule has 6 aromatic carbocycles. The fourth-order valence-corrected chi connectivity index (χ4v) is 8.32. The number of fused-ring (bicyclic) bond motifs is 4. The molecule has 9 nitrogen and oxygen atoms in total. The topological polar surface area (TPSA) is 103 Å². The van der Waals surface area contributed by atoms with Gasteiger partial charge < -0.3 is 19.5 Å². The minimum atomic E-state index is -1.81. The Kier molecular flexibility index (Phi) is 19.3. The molecular formula is C49H49Cl2N2O7PS. The number of nitrogens with one attached hydrogen (secondary N) is 1. The van der Waals surface area contributed by atoms with Gasteiger partial charge in [-0.1, -0.05) is 121 Å². The van der Waals surface area contributed by atoms with Crippen LogP contribution in [0, 0.1) is 0 Å². The van der Waals surface area contributed by atoms with Gasteiger partial charge in [0, 0.05) is 72.7 Å². The van der Waals surface area contributed by atoms with Crippen LogP contribution in [-0.2, 0) is 43.1 Å². The van der Waals surface area contributed by atoms with Gasteiger partial charge in [-0.15, -0.1) is 35.8 Å². The van der Waals surface area contributed by atoms with Crippen molar-refractivity contribution in [3.63, 3.8) is 0 Å². The molecule has 1 amide bonds. The lowest BCUT2D eigenvalue weighted by Gasteiger charge is -2.23. The van der Waals surface area contributed by atoms with Gasteiger partial charge in [-0.2, -0.15) is 0 Å². The molecule has 0 aromatic heterocycles. The molecule has 0 spiro atoms. The summed E-state index contributed by atoms with van der Waals surface area (Å²) in [5.41, 5.74) is 6.27. The number of anilines is 1. The third kappa shape index (κ3) is 13.2. The van der Waals surface area contributed by atoms with E-state index in [-0.39, 0.29) is 22.7 Å². The van der Waals surface area contributed by atoms with Gasteiger partial charge in [0.25, 0.3) is 0 Å². The van der Waals surface area contributed by atoms with Crippen molar-refractivity contribution >= 4 is 96.4 Å². The number of aldehydes is 1. The lowest BCUT2D eigenvalue weighted by molar-refractivity contribution is -0.131. The number of rotatable bonds is 17. The number of thiol groups is 1. The number of allylic oxidation sites excluding steroid dienone is 3. The number of halogens is 2. The van der Waals surface area contributed by atoms with Crippen LogP contribution in [0.2, 0.25) is 0 Å². The Morgan fingerprint density at radius 2 is 1.39 bits per heavy atom. The highest BCUT2D eigenvalue weighted by Crippen LogP contribution is 2.47. The first-order valence-electron chi connectivity index (χ1n) is 19.7. The highest BCUT2D eigenvalue weighted by molar-refractivity contribution is 7.85. The molecule has 1 aliphatic rings. The Balaban J connectivity index is 0.000000299. The summed E-state index contributed by atoms with van der Waals surface area (Å²) in [6.45, 7) is 3.44. The highest BCUT2D eigenvalue weighted by Gasteiger charge is 2.24. The number of esters is 1. The Hall–Kier alpha value is -5.19. The van der Waals surface area contributed by atoms with Crippen LogP contribution in [0.4, 0.5) is 5.69 Å². The van der Waals surface area contributed by atoms with Crippen LogP contribution >= 0.6 is 44.4 Å². The number of likely N-dealkylation sites (N-methyl/N-ethyl adjacent to an activating group) is 1. The van der Waals surface area contributed by atoms with Crippen LogP contribution in [0.25, 0.3) is 27.6 Å². The maximum Gasteiger partial charge on any atom is 0.397 e. The minimum absolute atomic E-state index is 0.189. The second-order valence-electron chi connectivity index (χ2n) is 13.9. The van der Waals surface area contributed by atoms with Crippen molar-refractivity contribution in [2.24, 2.45) is 0 Å². The summed E-state index contributed by atoms with van der Waals surface area (Å²) in [6.07, 6.45) is 9.07. The molecule has 7 rings (SSSR count). The van der Waals surface area contributed by atoms with E-state index in [1.54, 1.807) is 12.2 Å². The van der Waals surface area contributed by atoms with Crippen molar-refractivity contribution in [3.8, 4) is 11.5 Å². The normalized spacial score (nSPS) is 12.6. The van der Waals surface area contributed by atoms with Gasteiger partial charge >= 0.3 is 14.6 Å². The van der Waals surface area contributed by atoms with Crippen molar-refractivity contribution in [1.82, 2.24) is 5.32 Å². The molecule has 0 saturated heterocycles. The lowest BCUT2D eigenvalue weighted by atomic mass is 9.89. The smallest absolute Gasteiger partial charge is 0.397 e. The molecule has 0 fully saturated rings. The van der Waals surface area contributed by atoms with Crippen LogP contribution in [0.3, 0.4) is 0 Å². The second kappa shape index (κ2) is 25.1. The summed E-state index contributed by atoms with van der Waals surface area (Å²) >= 11 is 15.2. The molecule has 0 saturated carbocycles. The number of hydrogen-bond acceptors (Lipinski definition) is 9. The van der Waals surface area contributed by atoms with E-state index in [9.17, 15) is 14.4 Å². The quantitative estimate of drug-likeness (QED) is 0.0136. The Morgan fingerprint density at radius 3 is 1.95 bits per heavy atom. The number of alkyl halides is 2. The molecule has 1 atom stereocenters. The van der Waals surface area contributed by atoms with Gasteiger partial charge in [0.2, 0.25) is 6.41 Å². The lowest BCUT2D eigenvalue weighted by Crippen LogP contribution is -2.22. The summed E-state index contributed by atoms with van der Waals surface area (Å²) < 4.78 is 24.2. The molecule has 1 unspecified atom stereocenters. The van der Waals surface area contributed by atoms with Crippen LogP contribution in [0.1, 0.15) is 40.7 Å². The van der Waals surface area contributed by atoms with E-state index in [2.05, 4.69) is 47.6 Å². The zero-order valence-corrected chi connectivity index (χ0v) is 38.0. The molecule has 0 radical (unpaired) electrons. The average Bonchev–Trinajstić information content (AvgIpc) is 3.69. The van der Waals surface area contributed by atoms with E-state index in [1.165, 1.54) is 29.9 Å². The number of carbonyl (C=O) groups is 3. The predicted molar refractivity (Wildman–Crippen MR) is 258 cm³/mol. The van der Waals surface area contributed by atoms with Gasteiger partial charge in [0.05, 0.1) is 13.2 Å². The number of hydrogen-bond donors (Lipinski definition) is 2. The maximum atomic E-state index is 11.2. The third-order valence-corrected chi connectivity index (χ3v) is 11.4. The van der Waals surface area contributed by atoms with E-state index in [1.807, 2.05) is 121 Å². The van der Waals surface area contributed by atoms with Crippen LogP contribution in [-0.4, -0.2) is 51.1 Å². The largest absolute Gasteiger partial charge is 0.426 e. The Bertz CT molecular complexity index is 2430. The molecule has 0 aliphatic carbocycles. The predicted octanol–water partition coefficient (Wildman–Crippen LogP) is 11.6. The van der Waals surface area contributed by atoms with Crippen molar-refractivity contribution in [3.05, 3.63) is 166 Å². The number of ether oxygens (including phenoxy) is 1. The molecule has 62 heavy (non-hydrogen) atoms. The number of nitrogens with zero attached hydrogens (tertiary/aromatic N) is 1. The van der Waals surface area contributed by atoms with E-state index in [4.69, 9.17) is 29.9 Å². The fourth-order valence-electron chi connectivity index (χ4n) is 6.97. The van der Waals surface area contributed by atoms with Crippen molar-refractivity contribution in [2.75, 3.05) is 37.3 Å². The van der Waals surface area contributed by atoms with Gasteiger partial charge in [-0.05, 0) is 57.2 Å². The van der Waals surface area contributed by atoms with Gasteiger partial charge in [0.1, 0.15) is 11.5 Å². The van der Waals surface area contributed by atoms with Crippen LogP contribution < -0.4 is 19.5 Å². The molecular weight excluding hydrogens is 862 g/mol. The van der Waals surface area contributed by atoms with Crippen LogP contribution in [0.5, 0.6) is 11.5 Å². The summed E-state index contributed by atoms with van der Waals surface area (Å²) in [6, 6.07) is 39.5. The van der Waals surface area contributed by atoms with E-state index >= 15 is 0 Å². The Morgan fingerprint density at radius 1 is 0.823 bits per heavy atom. The first-order chi connectivity index (χ1) is 30.3. The fraction of sp³-hybridized carbons (Fsp3) is 0.204. The summed E-state index contributed by atoms with van der Waals surface area (Å²) in [7, 11) is 0.255. The number of benzene rings is 6. The summed E-state index contributed by atoms with van der Waals surface area (Å²) in [4.78, 5) is 35.9. The third-order valence-electron chi connectivity index (χ3n) is 9.77. The highest BCUT2D eigenvalue weighted by atomic mass is 35.5.